The van der Waals surface area contributed by atoms with E-state index in [1.54, 1.807) is 0 Å². The van der Waals surface area contributed by atoms with Crippen molar-refractivity contribution in [3.05, 3.63) is 66.5 Å². The van der Waals surface area contributed by atoms with Crippen LogP contribution in [0, 0.1) is 0 Å². The van der Waals surface area contributed by atoms with E-state index < -0.39 is 6.10 Å². The molecule has 0 saturated heterocycles. The number of hydrogen-bond donors (Lipinski definition) is 2. The SMILES string of the molecule is C[C@H](NC(=O)CCCCCCCCCCCCCCC[n+]1ccccc1)[C@@H](O)c1ccccc1. The van der Waals surface area contributed by atoms with Crippen LogP contribution >= 0.6 is 0 Å². The van der Waals surface area contributed by atoms with Crippen molar-refractivity contribution in [2.45, 2.75) is 116 Å². The molecule has 0 unspecified atom stereocenters. The minimum atomic E-state index is -0.663. The molecular weight excluding hydrogens is 420 g/mol. The van der Waals surface area contributed by atoms with E-state index in [0.717, 1.165) is 24.9 Å². The molecule has 1 aromatic heterocycles. The summed E-state index contributed by atoms with van der Waals surface area (Å²) in [5, 5.41) is 13.3. The van der Waals surface area contributed by atoms with Gasteiger partial charge in [0.25, 0.3) is 0 Å². The average Bonchev–Trinajstić information content (AvgIpc) is 2.87. The fourth-order valence-electron chi connectivity index (χ4n) is 4.45. The van der Waals surface area contributed by atoms with Crippen LogP contribution in [0.5, 0.6) is 0 Å². The molecule has 2 aromatic rings. The van der Waals surface area contributed by atoms with Crippen LogP contribution in [0.4, 0.5) is 0 Å². The molecule has 1 heterocycles. The summed E-state index contributed by atoms with van der Waals surface area (Å²) in [6.07, 6.45) is 20.9. The summed E-state index contributed by atoms with van der Waals surface area (Å²) in [4.78, 5) is 12.1. The molecule has 0 aliphatic rings. The number of pyridine rings is 1. The number of unbranched alkanes of at least 4 members (excludes halogenated alkanes) is 12. The molecule has 4 nitrogen and oxygen atoms in total. The van der Waals surface area contributed by atoms with E-state index in [9.17, 15) is 9.90 Å². The Balaban J connectivity index is 1.32. The number of hydrogen-bond acceptors (Lipinski definition) is 2. The smallest absolute Gasteiger partial charge is 0.220 e. The van der Waals surface area contributed by atoms with Crippen molar-refractivity contribution in [1.82, 2.24) is 5.32 Å². The number of nitrogens with one attached hydrogen (secondary N) is 1. The van der Waals surface area contributed by atoms with Crippen LogP contribution in [0.1, 0.15) is 108 Å². The van der Waals surface area contributed by atoms with Gasteiger partial charge in [0, 0.05) is 25.0 Å². The van der Waals surface area contributed by atoms with Gasteiger partial charge in [-0.2, -0.15) is 0 Å². The number of aryl methyl sites for hydroxylation is 1. The minimum absolute atomic E-state index is 0.0429. The molecule has 0 saturated carbocycles. The number of carbonyl (C=O) groups is 1. The lowest BCUT2D eigenvalue weighted by molar-refractivity contribution is -0.697. The summed E-state index contributed by atoms with van der Waals surface area (Å²) in [5.74, 6) is 0.0429. The molecule has 0 aliphatic heterocycles. The van der Waals surface area contributed by atoms with Gasteiger partial charge in [0.1, 0.15) is 6.54 Å². The van der Waals surface area contributed by atoms with Gasteiger partial charge < -0.3 is 10.4 Å². The molecule has 1 amide bonds. The van der Waals surface area contributed by atoms with E-state index >= 15 is 0 Å². The molecule has 34 heavy (non-hydrogen) atoms. The maximum atomic E-state index is 12.1. The van der Waals surface area contributed by atoms with E-state index in [-0.39, 0.29) is 11.9 Å². The lowest BCUT2D eigenvalue weighted by Crippen LogP contribution is -2.36. The Kier molecular flexibility index (Phi) is 15.0. The maximum absolute atomic E-state index is 12.1. The summed E-state index contributed by atoms with van der Waals surface area (Å²) < 4.78 is 2.27. The number of aliphatic hydroxyl groups is 1. The van der Waals surface area contributed by atoms with E-state index in [0.29, 0.717) is 6.42 Å². The summed E-state index contributed by atoms with van der Waals surface area (Å²) >= 11 is 0. The highest BCUT2D eigenvalue weighted by molar-refractivity contribution is 5.76. The van der Waals surface area contributed by atoms with Crippen LogP contribution in [0.3, 0.4) is 0 Å². The Hall–Kier alpha value is -2.20. The highest BCUT2D eigenvalue weighted by atomic mass is 16.3. The fourth-order valence-corrected chi connectivity index (χ4v) is 4.45. The number of aromatic nitrogens is 1. The summed E-state index contributed by atoms with van der Waals surface area (Å²) in [7, 11) is 0. The predicted molar refractivity (Wildman–Crippen MR) is 140 cm³/mol. The molecule has 2 rings (SSSR count). The number of amides is 1. The number of rotatable bonds is 19. The molecule has 0 bridgehead atoms. The van der Waals surface area contributed by atoms with Gasteiger partial charge >= 0.3 is 0 Å². The minimum Gasteiger partial charge on any atom is -0.386 e. The summed E-state index contributed by atoms with van der Waals surface area (Å²) in [6, 6.07) is 15.5. The average molecular weight is 468 g/mol. The normalized spacial score (nSPS) is 12.9. The van der Waals surface area contributed by atoms with Crippen LogP contribution in [0.2, 0.25) is 0 Å². The van der Waals surface area contributed by atoms with E-state index in [4.69, 9.17) is 0 Å². The van der Waals surface area contributed by atoms with Crippen molar-refractivity contribution in [3.8, 4) is 0 Å². The first kappa shape index (κ1) is 28.0. The molecule has 2 atom stereocenters. The molecule has 0 spiro atoms. The van der Waals surface area contributed by atoms with E-state index in [1.807, 2.05) is 37.3 Å². The number of aliphatic hydroxyl groups excluding tert-OH is 1. The van der Waals surface area contributed by atoms with Crippen molar-refractivity contribution in [2.24, 2.45) is 0 Å². The first-order valence-corrected chi connectivity index (χ1v) is 13.6. The van der Waals surface area contributed by atoms with Crippen LogP contribution in [0.15, 0.2) is 60.9 Å². The van der Waals surface area contributed by atoms with Crippen molar-refractivity contribution in [2.75, 3.05) is 0 Å². The highest BCUT2D eigenvalue weighted by Gasteiger charge is 2.17. The molecule has 1 aromatic carbocycles. The zero-order chi connectivity index (χ0) is 24.3. The van der Waals surface area contributed by atoms with Crippen LogP contribution in [-0.2, 0) is 11.3 Å². The molecule has 0 aliphatic carbocycles. The third-order valence-corrected chi connectivity index (χ3v) is 6.60. The van der Waals surface area contributed by atoms with Gasteiger partial charge in [-0.05, 0) is 25.3 Å². The third-order valence-electron chi connectivity index (χ3n) is 6.60. The molecule has 4 heteroatoms. The van der Waals surface area contributed by atoms with Gasteiger partial charge in [-0.15, -0.1) is 0 Å². The van der Waals surface area contributed by atoms with Gasteiger partial charge in [-0.3, -0.25) is 4.79 Å². The molecule has 2 N–H and O–H groups in total. The Bertz CT molecular complexity index is 751. The second-order valence-electron chi connectivity index (χ2n) is 9.67. The van der Waals surface area contributed by atoms with Gasteiger partial charge in [0.2, 0.25) is 5.91 Å². The van der Waals surface area contributed by atoms with Crippen LogP contribution < -0.4 is 9.88 Å². The largest absolute Gasteiger partial charge is 0.386 e. The molecule has 188 valence electrons. The maximum Gasteiger partial charge on any atom is 0.220 e. The Morgan fingerprint density at radius 2 is 1.21 bits per heavy atom. The van der Waals surface area contributed by atoms with Crippen LogP contribution in [-0.4, -0.2) is 17.1 Å². The predicted octanol–water partition coefficient (Wildman–Crippen LogP) is 6.67. The summed E-state index contributed by atoms with van der Waals surface area (Å²) in [5.41, 5.74) is 0.841. The molecule has 0 radical (unpaired) electrons. The molecule has 0 fully saturated rings. The Morgan fingerprint density at radius 3 is 1.76 bits per heavy atom. The lowest BCUT2D eigenvalue weighted by atomic mass is 10.0. The van der Waals surface area contributed by atoms with Crippen molar-refractivity contribution in [1.29, 1.82) is 0 Å². The summed E-state index contributed by atoms with van der Waals surface area (Å²) in [6.45, 7) is 3.00. The lowest BCUT2D eigenvalue weighted by Gasteiger charge is -2.20. The number of carbonyl (C=O) groups excluding carboxylic acids is 1. The van der Waals surface area contributed by atoms with Crippen molar-refractivity contribution >= 4 is 5.91 Å². The molecular formula is C30H47N2O2+. The van der Waals surface area contributed by atoms with Gasteiger partial charge in [-0.25, -0.2) is 4.57 Å². The van der Waals surface area contributed by atoms with E-state index in [1.165, 1.54) is 70.6 Å². The fraction of sp³-hybridized carbons (Fsp3) is 0.600. The zero-order valence-electron chi connectivity index (χ0n) is 21.3. The highest BCUT2D eigenvalue weighted by Crippen LogP contribution is 2.17. The third kappa shape index (κ3) is 12.9. The quantitative estimate of drug-likeness (QED) is 0.179. The number of nitrogens with zero attached hydrogens (tertiary/aromatic N) is 1. The van der Waals surface area contributed by atoms with Crippen molar-refractivity contribution < 1.29 is 14.5 Å². The number of benzene rings is 1. The second-order valence-corrected chi connectivity index (χ2v) is 9.67. The van der Waals surface area contributed by atoms with Gasteiger partial charge in [0.15, 0.2) is 12.4 Å². The first-order chi connectivity index (χ1) is 16.7. The second kappa shape index (κ2) is 18.2. The van der Waals surface area contributed by atoms with Gasteiger partial charge in [-0.1, -0.05) is 101 Å². The standard InChI is InChI=1S/C30H46N2O2/c1-27(30(34)28-21-15-13-16-22-28)31-29(33)23-17-11-9-7-5-3-2-4-6-8-10-12-18-24-32-25-19-14-20-26-32/h13-16,19-22,25-27,30,34H,2-12,17-18,23-24H2,1H3/p+1/t27-,30+/m0/s1. The van der Waals surface area contributed by atoms with Crippen LogP contribution in [0.25, 0.3) is 0 Å². The Morgan fingerprint density at radius 1 is 0.735 bits per heavy atom. The topological polar surface area (TPSA) is 53.2 Å². The monoisotopic (exact) mass is 467 g/mol. The zero-order valence-corrected chi connectivity index (χ0v) is 21.3. The van der Waals surface area contributed by atoms with Crippen molar-refractivity contribution in [3.63, 3.8) is 0 Å². The first-order valence-electron chi connectivity index (χ1n) is 13.6. The van der Waals surface area contributed by atoms with Gasteiger partial charge in [0.05, 0.1) is 12.1 Å². The Labute approximate surface area is 207 Å². The van der Waals surface area contributed by atoms with E-state index in [2.05, 4.69) is 40.5 Å².